The summed E-state index contributed by atoms with van der Waals surface area (Å²) < 4.78 is 0. The maximum atomic E-state index is 9.73. The molecule has 0 saturated heterocycles. The third-order valence-electron chi connectivity index (χ3n) is 3.01. The molecular weight excluding hydrogens is 210 g/mol. The summed E-state index contributed by atoms with van der Waals surface area (Å²) in [5.74, 6) is 1.42. The van der Waals surface area contributed by atoms with Crippen LogP contribution >= 0.6 is 0 Å². The molecule has 0 aliphatic heterocycles. The van der Waals surface area contributed by atoms with Crippen LogP contribution in [0.15, 0.2) is 0 Å². The van der Waals surface area contributed by atoms with Crippen LogP contribution in [0.5, 0.6) is 0 Å². The molecule has 1 rings (SSSR count). The molecule has 0 unspecified atom stereocenters. The Hall–Kier alpha value is -0.0800. The minimum atomic E-state index is -0.444. The Bertz CT molecular complexity index is 150. The van der Waals surface area contributed by atoms with E-state index in [0.717, 1.165) is 5.92 Å². The summed E-state index contributed by atoms with van der Waals surface area (Å²) >= 11 is 0. The molecule has 1 aliphatic rings. The van der Waals surface area contributed by atoms with Crippen molar-refractivity contribution in [3.8, 4) is 0 Å². The van der Waals surface area contributed by atoms with Crippen LogP contribution in [0.1, 0.15) is 74.1 Å². The van der Waals surface area contributed by atoms with Gasteiger partial charge in [0.2, 0.25) is 0 Å². The molecule has 3 N–H and O–H groups in total. The number of nitrogens with two attached hydrogens (primary N) is 1. The van der Waals surface area contributed by atoms with E-state index in [1.807, 2.05) is 41.5 Å². The highest BCUT2D eigenvalue weighted by molar-refractivity contribution is 4.81. The van der Waals surface area contributed by atoms with Gasteiger partial charge in [-0.3, -0.25) is 0 Å². The maximum absolute atomic E-state index is 9.73. The lowest BCUT2D eigenvalue weighted by Gasteiger charge is -2.34. The first kappa shape index (κ1) is 19.3. The van der Waals surface area contributed by atoms with Gasteiger partial charge in [0.05, 0.1) is 5.60 Å². The molecule has 0 aromatic rings. The molecule has 0 radical (unpaired) electrons. The van der Waals surface area contributed by atoms with Crippen molar-refractivity contribution in [1.82, 2.24) is 0 Å². The van der Waals surface area contributed by atoms with Gasteiger partial charge in [-0.1, -0.05) is 47.5 Å². The van der Waals surface area contributed by atoms with E-state index in [1.54, 1.807) is 0 Å². The Morgan fingerprint density at radius 3 is 1.59 bits per heavy atom. The van der Waals surface area contributed by atoms with Gasteiger partial charge in [-0.05, 0) is 44.6 Å². The van der Waals surface area contributed by atoms with E-state index in [2.05, 4.69) is 6.92 Å². The van der Waals surface area contributed by atoms with Crippen molar-refractivity contribution in [1.29, 1.82) is 0 Å². The zero-order valence-electron chi connectivity index (χ0n) is 13.1. The average molecular weight is 245 g/mol. The molecule has 0 atom stereocenters. The number of aliphatic hydroxyl groups is 1. The molecular formula is C15H35NO. The molecule has 0 amide bonds. The van der Waals surface area contributed by atoms with E-state index in [0.29, 0.717) is 12.0 Å². The molecule has 0 bridgehead atoms. The second-order valence-electron chi connectivity index (χ2n) is 5.85. The highest BCUT2D eigenvalue weighted by atomic mass is 16.3. The smallest absolute Gasteiger partial charge is 0.0619 e. The Labute approximate surface area is 109 Å². The van der Waals surface area contributed by atoms with Gasteiger partial charge in [-0.25, -0.2) is 0 Å². The molecule has 0 aromatic carbocycles. The van der Waals surface area contributed by atoms with Gasteiger partial charge in [0.15, 0.2) is 0 Å². The summed E-state index contributed by atoms with van der Waals surface area (Å²) in [5, 5.41) is 9.73. The molecule has 106 valence electrons. The number of rotatable bonds is 1. The zero-order valence-corrected chi connectivity index (χ0v) is 13.1. The first-order valence-corrected chi connectivity index (χ1v) is 7.21. The zero-order chi connectivity index (χ0) is 14.1. The van der Waals surface area contributed by atoms with E-state index in [1.165, 1.54) is 25.7 Å². The second kappa shape index (κ2) is 9.90. The largest absolute Gasteiger partial charge is 0.390 e. The highest BCUT2D eigenvalue weighted by Crippen LogP contribution is 2.34. The Morgan fingerprint density at radius 2 is 1.35 bits per heavy atom. The molecule has 2 nitrogen and oxygen atoms in total. The summed E-state index contributed by atoms with van der Waals surface area (Å²) in [4.78, 5) is 0. The summed E-state index contributed by atoms with van der Waals surface area (Å²) in [6.45, 7) is 14.1. The second-order valence-corrected chi connectivity index (χ2v) is 5.85. The third-order valence-corrected chi connectivity index (χ3v) is 3.01. The van der Waals surface area contributed by atoms with Gasteiger partial charge >= 0.3 is 0 Å². The van der Waals surface area contributed by atoms with Crippen LogP contribution in [0.2, 0.25) is 0 Å². The lowest BCUT2D eigenvalue weighted by atomic mass is 9.75. The van der Waals surface area contributed by atoms with E-state index < -0.39 is 5.60 Å². The van der Waals surface area contributed by atoms with Gasteiger partial charge in [-0.2, -0.15) is 0 Å². The molecule has 17 heavy (non-hydrogen) atoms. The van der Waals surface area contributed by atoms with E-state index in [9.17, 15) is 5.11 Å². The predicted molar refractivity (Wildman–Crippen MR) is 78.1 cm³/mol. The Kier molecular flexibility index (Phi) is 11.2. The molecule has 1 fully saturated rings. The number of hydrogen-bond donors (Lipinski definition) is 2. The van der Waals surface area contributed by atoms with E-state index >= 15 is 0 Å². The minimum Gasteiger partial charge on any atom is -0.390 e. The summed E-state index contributed by atoms with van der Waals surface area (Å²) in [5.41, 5.74) is 4.67. The summed E-state index contributed by atoms with van der Waals surface area (Å²) in [7, 11) is 0. The lowest BCUT2D eigenvalue weighted by Crippen LogP contribution is -2.33. The standard InChI is InChI=1S/C10H20O.C3H9N.C2H6/c1-8-4-6-9(7-5-8)10(2,3)11;1-3(2)4;1-2/h8-9,11H,4-7H2,1-3H3;3H,4H2,1-2H3;1-2H3. The summed E-state index contributed by atoms with van der Waals surface area (Å²) in [6, 6.07) is 0.333. The summed E-state index contributed by atoms with van der Waals surface area (Å²) in [6.07, 6.45) is 5.03. The fourth-order valence-corrected chi connectivity index (χ4v) is 1.97. The average Bonchev–Trinajstić information content (AvgIpc) is 2.19. The van der Waals surface area contributed by atoms with Crippen LogP contribution in [0.4, 0.5) is 0 Å². The molecule has 0 aromatic heterocycles. The van der Waals surface area contributed by atoms with Crippen molar-refractivity contribution in [2.24, 2.45) is 17.6 Å². The van der Waals surface area contributed by atoms with Crippen LogP contribution < -0.4 is 5.73 Å². The lowest BCUT2D eigenvalue weighted by molar-refractivity contribution is -0.00466. The Balaban J connectivity index is 0. The molecule has 1 saturated carbocycles. The van der Waals surface area contributed by atoms with Gasteiger partial charge in [0.25, 0.3) is 0 Å². The van der Waals surface area contributed by atoms with Crippen molar-refractivity contribution in [2.75, 3.05) is 0 Å². The Morgan fingerprint density at radius 1 is 1.06 bits per heavy atom. The fraction of sp³-hybridized carbons (Fsp3) is 1.00. The van der Waals surface area contributed by atoms with Crippen LogP contribution in [0.3, 0.4) is 0 Å². The predicted octanol–water partition coefficient (Wildman–Crippen LogP) is 3.96. The van der Waals surface area contributed by atoms with Gasteiger partial charge in [0, 0.05) is 0 Å². The van der Waals surface area contributed by atoms with Crippen LogP contribution in [-0.2, 0) is 0 Å². The van der Waals surface area contributed by atoms with Crippen molar-refractivity contribution >= 4 is 0 Å². The van der Waals surface area contributed by atoms with Crippen molar-refractivity contribution in [3.05, 3.63) is 0 Å². The molecule has 1 aliphatic carbocycles. The fourth-order valence-electron chi connectivity index (χ4n) is 1.97. The molecule has 0 heterocycles. The van der Waals surface area contributed by atoms with Crippen LogP contribution in [0.25, 0.3) is 0 Å². The molecule has 2 heteroatoms. The normalized spacial score (nSPS) is 24.4. The molecule has 0 spiro atoms. The van der Waals surface area contributed by atoms with Gasteiger partial charge in [0.1, 0.15) is 0 Å². The van der Waals surface area contributed by atoms with E-state index in [4.69, 9.17) is 5.73 Å². The quantitative estimate of drug-likeness (QED) is 0.734. The monoisotopic (exact) mass is 245 g/mol. The first-order chi connectivity index (χ1) is 7.73. The topological polar surface area (TPSA) is 46.2 Å². The van der Waals surface area contributed by atoms with Crippen molar-refractivity contribution < 1.29 is 5.11 Å². The van der Waals surface area contributed by atoms with Crippen molar-refractivity contribution in [3.63, 3.8) is 0 Å². The minimum absolute atomic E-state index is 0.333. The maximum Gasteiger partial charge on any atom is 0.0619 e. The van der Waals surface area contributed by atoms with Crippen molar-refractivity contribution in [2.45, 2.75) is 85.8 Å². The van der Waals surface area contributed by atoms with Crippen LogP contribution in [0, 0.1) is 11.8 Å². The van der Waals surface area contributed by atoms with Gasteiger partial charge < -0.3 is 10.8 Å². The highest BCUT2D eigenvalue weighted by Gasteiger charge is 2.29. The number of hydrogen-bond acceptors (Lipinski definition) is 2. The third kappa shape index (κ3) is 12.2. The van der Waals surface area contributed by atoms with E-state index in [-0.39, 0.29) is 0 Å². The van der Waals surface area contributed by atoms with Crippen LogP contribution in [-0.4, -0.2) is 16.7 Å². The first-order valence-electron chi connectivity index (χ1n) is 7.21. The van der Waals surface area contributed by atoms with Gasteiger partial charge in [-0.15, -0.1) is 0 Å². The SMILES string of the molecule is CC.CC(C)N.CC1CCC(C(C)(C)O)CC1.